The van der Waals surface area contributed by atoms with Crippen LogP contribution in [0.2, 0.25) is 0 Å². The quantitative estimate of drug-likeness (QED) is 0.424. The van der Waals surface area contributed by atoms with E-state index >= 15 is 0 Å². The van der Waals surface area contributed by atoms with Gasteiger partial charge in [0.05, 0.1) is 22.6 Å². The third kappa shape index (κ3) is 3.20. The first-order chi connectivity index (χ1) is 15.2. The molecule has 2 aromatic carbocycles. The van der Waals surface area contributed by atoms with E-state index in [1.807, 2.05) is 0 Å². The Morgan fingerprint density at radius 1 is 0.938 bits per heavy atom. The van der Waals surface area contributed by atoms with Gasteiger partial charge in [-0.15, -0.1) is 0 Å². The predicted octanol–water partition coefficient (Wildman–Crippen LogP) is 4.06. The van der Waals surface area contributed by atoms with Gasteiger partial charge in [-0.3, -0.25) is 0 Å². The highest BCUT2D eigenvalue weighted by molar-refractivity contribution is 9.10. The smallest absolute Gasteiger partial charge is 0.432 e. The van der Waals surface area contributed by atoms with Gasteiger partial charge in [-0.1, -0.05) is 30.3 Å². The van der Waals surface area contributed by atoms with E-state index in [0.29, 0.717) is 15.1 Å². The maximum atomic E-state index is 12.2. The van der Waals surface area contributed by atoms with Crippen LogP contribution in [0.4, 0.5) is 25.8 Å². The molecule has 32 heavy (non-hydrogen) atoms. The number of anilines is 2. The van der Waals surface area contributed by atoms with Gasteiger partial charge in [-0.2, -0.15) is 9.78 Å². The fourth-order valence-electron chi connectivity index (χ4n) is 3.42. The molecule has 0 saturated carbocycles. The molecule has 3 N–H and O–H groups in total. The van der Waals surface area contributed by atoms with Gasteiger partial charge >= 0.3 is 18.3 Å². The lowest BCUT2D eigenvalue weighted by Crippen LogP contribution is -2.42. The molecule has 0 fully saturated rings. The molecule has 0 bridgehead atoms. The molecule has 1 aromatic heterocycles. The molecule has 0 unspecified atom stereocenters. The summed E-state index contributed by atoms with van der Waals surface area (Å²) in [5.41, 5.74) is -0.674. The number of carbonyl (C=O) groups excluding carboxylic acids is 1. The first-order valence-corrected chi connectivity index (χ1v) is 9.57. The molecule has 0 atom stereocenters. The summed E-state index contributed by atoms with van der Waals surface area (Å²) in [6, 6.07) is 10.8. The van der Waals surface area contributed by atoms with Gasteiger partial charge < -0.3 is 15.3 Å². The van der Waals surface area contributed by atoms with Crippen molar-refractivity contribution in [1.82, 2.24) is 9.78 Å². The van der Waals surface area contributed by atoms with Crippen LogP contribution in [0.1, 0.15) is 5.56 Å². The van der Waals surface area contributed by atoms with Crippen LogP contribution in [0.25, 0.3) is 17.0 Å². The molecule has 160 valence electrons. The summed E-state index contributed by atoms with van der Waals surface area (Å²) in [5.74, 6) is 1.51. The van der Waals surface area contributed by atoms with E-state index in [9.17, 15) is 34.5 Å². The van der Waals surface area contributed by atoms with Gasteiger partial charge in [0, 0.05) is 5.39 Å². The Hall–Kier alpha value is -4.41. The lowest BCUT2D eigenvalue weighted by Gasteiger charge is -2.35. The minimum absolute atomic E-state index is 0.0135. The van der Waals surface area contributed by atoms with Crippen molar-refractivity contribution in [1.29, 1.82) is 0 Å². The van der Waals surface area contributed by atoms with Gasteiger partial charge in [0.25, 0.3) is 0 Å². The highest BCUT2D eigenvalue weighted by Gasteiger charge is 2.40. The zero-order chi connectivity index (χ0) is 23.2. The van der Waals surface area contributed by atoms with Crippen molar-refractivity contribution in [2.45, 2.75) is 0 Å². The Bertz CT molecular complexity index is 1390. The van der Waals surface area contributed by atoms with Crippen LogP contribution in [-0.4, -0.2) is 49.3 Å². The number of rotatable bonds is 1. The van der Waals surface area contributed by atoms with Crippen molar-refractivity contribution in [3.05, 3.63) is 64.0 Å². The predicted molar refractivity (Wildman–Crippen MR) is 115 cm³/mol. The molecule has 0 spiro atoms. The van der Waals surface area contributed by atoms with Gasteiger partial charge in [-0.05, 0) is 39.7 Å². The average Bonchev–Trinajstić information content (AvgIpc) is 3.07. The average molecular weight is 499 g/mol. The number of carboxylic acid groups (broad SMARTS) is 3. The molecule has 0 aliphatic carbocycles. The van der Waals surface area contributed by atoms with Crippen LogP contribution < -0.4 is 9.80 Å². The molecule has 0 radical (unpaired) electrons. The van der Waals surface area contributed by atoms with Gasteiger partial charge in [0.2, 0.25) is 0 Å². The van der Waals surface area contributed by atoms with E-state index < -0.39 is 24.0 Å². The summed E-state index contributed by atoms with van der Waals surface area (Å²) >= 11 is 3.14. The Kier molecular flexibility index (Phi) is 5.01. The van der Waals surface area contributed by atoms with E-state index in [1.54, 1.807) is 30.3 Å². The molecule has 0 saturated heterocycles. The summed E-state index contributed by atoms with van der Waals surface area (Å²) in [6.07, 6.45) is -3.18. The zero-order valence-corrected chi connectivity index (χ0v) is 17.3. The number of benzene rings is 2. The third-order valence-corrected chi connectivity index (χ3v) is 5.27. The summed E-state index contributed by atoms with van der Waals surface area (Å²) in [4.78, 5) is 49.0. The number of halogens is 1. The number of carbonyl (C=O) groups is 3. The Balaban J connectivity index is 2.11. The monoisotopic (exact) mass is 498 g/mol. The number of hydrogen-bond acceptors (Lipinski definition) is 5. The minimum Gasteiger partial charge on any atom is -0.464 e. The van der Waals surface area contributed by atoms with Crippen LogP contribution >= 0.6 is 15.9 Å². The fraction of sp³-hybridized carbons (Fsp3) is 0. The largest absolute Gasteiger partial charge is 0.464 e. The molecule has 12 heteroatoms. The van der Waals surface area contributed by atoms with Crippen LogP contribution in [0, 0.1) is 0 Å². The highest BCUT2D eigenvalue weighted by Crippen LogP contribution is 2.45. The highest BCUT2D eigenvalue weighted by atomic mass is 79.9. The molecule has 1 aliphatic heterocycles. The SMILES string of the molecule is O=C=C1/C(=C\c2ccccc2)N(C(=O)O)c2cc3c(Br)nn(C(=O)O)c3cc2N1C(=O)O. The second-order valence-electron chi connectivity index (χ2n) is 6.47. The number of nitrogens with zero attached hydrogens (tertiary/aromatic N) is 4. The van der Waals surface area contributed by atoms with Crippen molar-refractivity contribution in [3.63, 3.8) is 0 Å². The van der Waals surface area contributed by atoms with Crippen molar-refractivity contribution >= 4 is 68.5 Å². The van der Waals surface area contributed by atoms with Crippen molar-refractivity contribution in [2.24, 2.45) is 0 Å². The molecular formula is C20H11BrN4O7. The van der Waals surface area contributed by atoms with Gasteiger partial charge in [0.15, 0.2) is 11.6 Å². The van der Waals surface area contributed by atoms with Gasteiger partial charge in [-0.25, -0.2) is 29.0 Å². The summed E-state index contributed by atoms with van der Waals surface area (Å²) in [6.45, 7) is 0. The van der Waals surface area contributed by atoms with E-state index in [4.69, 9.17) is 0 Å². The number of amides is 2. The minimum atomic E-state index is -1.59. The van der Waals surface area contributed by atoms with E-state index in [1.165, 1.54) is 18.1 Å². The Labute approximate surface area is 186 Å². The maximum Gasteiger partial charge on any atom is 0.432 e. The summed E-state index contributed by atoms with van der Waals surface area (Å²) in [5, 5.41) is 33.2. The molecule has 11 nitrogen and oxygen atoms in total. The maximum absolute atomic E-state index is 12.2. The van der Waals surface area contributed by atoms with E-state index in [-0.39, 0.29) is 32.6 Å². The zero-order valence-electron chi connectivity index (χ0n) is 15.8. The molecular weight excluding hydrogens is 488 g/mol. The number of hydrogen-bond donors (Lipinski definition) is 3. The first-order valence-electron chi connectivity index (χ1n) is 8.78. The van der Waals surface area contributed by atoms with E-state index in [0.717, 1.165) is 11.0 Å². The van der Waals surface area contributed by atoms with Crippen LogP contribution in [0.15, 0.2) is 58.5 Å². The van der Waals surface area contributed by atoms with Gasteiger partial charge in [0.1, 0.15) is 4.60 Å². The topological polar surface area (TPSA) is 153 Å². The second-order valence-corrected chi connectivity index (χ2v) is 7.22. The van der Waals surface area contributed by atoms with Crippen molar-refractivity contribution in [3.8, 4) is 0 Å². The summed E-state index contributed by atoms with van der Waals surface area (Å²) in [7, 11) is 0. The normalized spacial score (nSPS) is 14.4. The van der Waals surface area contributed by atoms with Crippen LogP contribution in [0.5, 0.6) is 0 Å². The van der Waals surface area contributed by atoms with Crippen molar-refractivity contribution < 1.29 is 34.5 Å². The first kappa shape index (κ1) is 20.8. The molecule has 2 heterocycles. The molecule has 2 amide bonds. The molecule has 1 aliphatic rings. The van der Waals surface area contributed by atoms with Crippen molar-refractivity contribution in [2.75, 3.05) is 9.80 Å². The molecule has 3 aromatic rings. The third-order valence-electron chi connectivity index (χ3n) is 4.68. The molecule has 4 rings (SSSR count). The van der Waals surface area contributed by atoms with Crippen LogP contribution in [0.3, 0.4) is 0 Å². The second kappa shape index (κ2) is 7.69. The lowest BCUT2D eigenvalue weighted by atomic mass is 10.0. The fourth-order valence-corrected chi connectivity index (χ4v) is 3.90. The standard InChI is InChI=1S/C20H11BrN4O7/c21-17-11-7-14-15(8-12(11)25(22-17)20(31)32)24(19(29)30)16(9-26)13(23(14)18(27)28)6-10-4-2-1-3-5-10/h1-8H,(H,27,28)(H,29,30)(H,31,32)/b13-6+. The Morgan fingerprint density at radius 2 is 1.56 bits per heavy atom. The lowest BCUT2D eigenvalue weighted by molar-refractivity contribution is 0.193. The van der Waals surface area contributed by atoms with Crippen LogP contribution in [-0.2, 0) is 4.79 Å². The summed E-state index contributed by atoms with van der Waals surface area (Å²) < 4.78 is 0.708. The number of aromatic nitrogens is 2. The number of fused-ring (bicyclic) bond motifs is 2. The van der Waals surface area contributed by atoms with E-state index in [2.05, 4.69) is 21.0 Å². The Morgan fingerprint density at radius 3 is 2.12 bits per heavy atom.